The maximum Gasteiger partial charge on any atom is 0.159 e. The topological polar surface area (TPSA) is 18.5 Å². The van der Waals surface area contributed by atoms with Gasteiger partial charge in [-0.25, -0.2) is 0 Å². The maximum absolute atomic E-state index is 5.97. The minimum absolute atomic E-state index is 0.496. The van der Waals surface area contributed by atoms with Crippen molar-refractivity contribution in [1.29, 1.82) is 0 Å². The molecule has 1 aromatic rings. The predicted molar refractivity (Wildman–Crippen MR) is 58.7 cm³/mol. The highest BCUT2D eigenvalue weighted by atomic mass is 35.5. The van der Waals surface area contributed by atoms with Gasteiger partial charge in [-0.1, -0.05) is 30.3 Å². The second-order valence-corrected chi connectivity index (χ2v) is 3.15. The van der Waals surface area contributed by atoms with E-state index >= 15 is 0 Å². The van der Waals surface area contributed by atoms with Gasteiger partial charge in [-0.15, -0.1) is 0 Å². The van der Waals surface area contributed by atoms with Crippen molar-refractivity contribution in [3.05, 3.63) is 35.9 Å². The molecular weight excluding hydrogens is 200 g/mol. The van der Waals surface area contributed by atoms with Crippen LogP contribution in [0.4, 0.5) is 0 Å². The molecule has 1 unspecified atom stereocenters. The zero-order valence-electron chi connectivity index (χ0n) is 8.29. The summed E-state index contributed by atoms with van der Waals surface area (Å²) in [4.78, 5) is 0. The summed E-state index contributed by atoms with van der Waals surface area (Å²) in [5, 5.41) is 0. The third kappa shape index (κ3) is 2.28. The van der Waals surface area contributed by atoms with Crippen LogP contribution in [-0.4, -0.2) is 14.2 Å². The Kier molecular flexibility index (Phi) is 3.98. The number of ether oxygens (including phenoxy) is 2. The van der Waals surface area contributed by atoms with E-state index in [9.17, 15) is 0 Å². The van der Waals surface area contributed by atoms with Gasteiger partial charge in [-0.05, 0) is 17.7 Å². The van der Waals surface area contributed by atoms with Gasteiger partial charge in [0, 0.05) is 12.7 Å². The van der Waals surface area contributed by atoms with E-state index in [1.807, 2.05) is 18.2 Å². The van der Waals surface area contributed by atoms with E-state index in [0.717, 1.165) is 16.9 Å². The monoisotopic (exact) mass is 212 g/mol. The first-order valence-corrected chi connectivity index (χ1v) is 4.63. The Hall–Kier alpha value is -0.990. The minimum Gasteiger partial charge on any atom is -0.496 e. The van der Waals surface area contributed by atoms with Gasteiger partial charge >= 0.3 is 0 Å². The molecule has 0 heterocycles. The molecule has 3 heteroatoms. The second kappa shape index (κ2) is 5.03. The van der Waals surface area contributed by atoms with Gasteiger partial charge in [0.15, 0.2) is 5.56 Å². The molecule has 0 amide bonds. The van der Waals surface area contributed by atoms with Crippen molar-refractivity contribution in [2.24, 2.45) is 0 Å². The highest BCUT2D eigenvalue weighted by molar-refractivity contribution is 6.20. The van der Waals surface area contributed by atoms with E-state index in [2.05, 4.69) is 6.58 Å². The zero-order chi connectivity index (χ0) is 10.6. The lowest BCUT2D eigenvalue weighted by molar-refractivity contribution is 0.166. The zero-order valence-corrected chi connectivity index (χ0v) is 9.04. The number of methoxy groups -OCH3 is 2. The van der Waals surface area contributed by atoms with Crippen molar-refractivity contribution >= 4 is 17.7 Å². The van der Waals surface area contributed by atoms with Gasteiger partial charge in [0.2, 0.25) is 0 Å². The Morgan fingerprint density at radius 2 is 2.14 bits per heavy atom. The Bertz CT molecular complexity index is 323. The summed E-state index contributed by atoms with van der Waals surface area (Å²) in [6.45, 7) is 3.69. The summed E-state index contributed by atoms with van der Waals surface area (Å²) in [7, 11) is 3.16. The Morgan fingerprint density at radius 3 is 2.64 bits per heavy atom. The van der Waals surface area contributed by atoms with Crippen molar-refractivity contribution in [2.45, 2.75) is 5.56 Å². The maximum atomic E-state index is 5.97. The molecule has 0 spiro atoms. The first-order chi connectivity index (χ1) is 6.72. The van der Waals surface area contributed by atoms with E-state index in [4.69, 9.17) is 21.1 Å². The van der Waals surface area contributed by atoms with E-state index in [1.165, 1.54) is 0 Å². The molecule has 0 saturated heterocycles. The summed E-state index contributed by atoms with van der Waals surface area (Å²) in [6.07, 6.45) is 1.75. The third-order valence-electron chi connectivity index (χ3n) is 1.94. The predicted octanol–water partition coefficient (Wildman–Crippen LogP) is 3.22. The van der Waals surface area contributed by atoms with E-state index in [-0.39, 0.29) is 0 Å². The first kappa shape index (κ1) is 11.1. The normalized spacial score (nSPS) is 12.2. The van der Waals surface area contributed by atoms with Crippen molar-refractivity contribution in [2.75, 3.05) is 14.2 Å². The molecule has 0 aliphatic heterocycles. The largest absolute Gasteiger partial charge is 0.496 e. The van der Waals surface area contributed by atoms with Crippen molar-refractivity contribution in [1.82, 2.24) is 0 Å². The molecule has 0 fully saturated rings. The number of hydrogen-bond acceptors (Lipinski definition) is 2. The van der Waals surface area contributed by atoms with Gasteiger partial charge < -0.3 is 9.47 Å². The fourth-order valence-electron chi connectivity index (χ4n) is 1.18. The Morgan fingerprint density at radius 1 is 1.43 bits per heavy atom. The molecule has 14 heavy (non-hydrogen) atoms. The summed E-state index contributed by atoms with van der Waals surface area (Å²) in [6, 6.07) is 5.66. The Labute approximate surface area is 89.1 Å². The van der Waals surface area contributed by atoms with Crippen molar-refractivity contribution < 1.29 is 9.47 Å². The van der Waals surface area contributed by atoms with Crippen LogP contribution in [0.1, 0.15) is 16.7 Å². The standard InChI is InChI=1S/C11H13ClO2/c1-4-8-5-6-10(13-2)9(7-8)11(12)14-3/h4-7,11H,1H2,2-3H3. The van der Waals surface area contributed by atoms with Crippen molar-refractivity contribution in [3.8, 4) is 5.75 Å². The minimum atomic E-state index is -0.496. The van der Waals surface area contributed by atoms with E-state index < -0.39 is 5.56 Å². The third-order valence-corrected chi connectivity index (χ3v) is 2.35. The fraction of sp³-hybridized carbons (Fsp3) is 0.273. The summed E-state index contributed by atoms with van der Waals surface area (Å²) >= 11 is 5.97. The number of alkyl halides is 1. The Balaban J connectivity index is 3.14. The molecule has 1 aromatic carbocycles. The molecule has 1 rings (SSSR count). The molecule has 0 saturated carbocycles. The van der Waals surface area contributed by atoms with Crippen LogP contribution in [-0.2, 0) is 4.74 Å². The average molecular weight is 213 g/mol. The van der Waals surface area contributed by atoms with Crippen LogP contribution in [0.3, 0.4) is 0 Å². The molecule has 0 radical (unpaired) electrons. The quantitative estimate of drug-likeness (QED) is 0.714. The smallest absolute Gasteiger partial charge is 0.159 e. The van der Waals surface area contributed by atoms with E-state index in [0.29, 0.717) is 0 Å². The second-order valence-electron chi connectivity index (χ2n) is 2.76. The van der Waals surface area contributed by atoms with Crippen LogP contribution in [0.2, 0.25) is 0 Å². The molecule has 0 aliphatic carbocycles. The van der Waals surface area contributed by atoms with Crippen LogP contribution < -0.4 is 4.74 Å². The van der Waals surface area contributed by atoms with Crippen LogP contribution in [0.25, 0.3) is 6.08 Å². The van der Waals surface area contributed by atoms with Crippen molar-refractivity contribution in [3.63, 3.8) is 0 Å². The molecule has 76 valence electrons. The van der Waals surface area contributed by atoms with Gasteiger partial charge in [0.25, 0.3) is 0 Å². The average Bonchev–Trinajstić information content (AvgIpc) is 2.27. The van der Waals surface area contributed by atoms with Gasteiger partial charge in [0.1, 0.15) is 5.75 Å². The molecule has 0 aromatic heterocycles. The van der Waals surface area contributed by atoms with Gasteiger partial charge in [0.05, 0.1) is 7.11 Å². The van der Waals surface area contributed by atoms with Crippen LogP contribution in [0.15, 0.2) is 24.8 Å². The summed E-state index contributed by atoms with van der Waals surface area (Å²) in [5.41, 5.74) is 1.31. The highest BCUT2D eigenvalue weighted by Gasteiger charge is 2.12. The highest BCUT2D eigenvalue weighted by Crippen LogP contribution is 2.31. The lowest BCUT2D eigenvalue weighted by Crippen LogP contribution is -1.97. The summed E-state index contributed by atoms with van der Waals surface area (Å²) < 4.78 is 10.2. The molecule has 0 N–H and O–H groups in total. The molecular formula is C11H13ClO2. The first-order valence-electron chi connectivity index (χ1n) is 4.20. The van der Waals surface area contributed by atoms with E-state index in [1.54, 1.807) is 20.3 Å². The van der Waals surface area contributed by atoms with Crippen LogP contribution in [0.5, 0.6) is 5.75 Å². The molecule has 0 bridgehead atoms. The summed E-state index contributed by atoms with van der Waals surface area (Å²) in [5.74, 6) is 0.720. The molecule has 0 aliphatic rings. The number of hydrogen-bond donors (Lipinski definition) is 0. The molecule has 2 nitrogen and oxygen atoms in total. The van der Waals surface area contributed by atoms with Gasteiger partial charge in [-0.2, -0.15) is 0 Å². The van der Waals surface area contributed by atoms with Gasteiger partial charge in [-0.3, -0.25) is 0 Å². The number of benzene rings is 1. The SMILES string of the molecule is C=Cc1ccc(OC)c(C(Cl)OC)c1. The van der Waals surface area contributed by atoms with Crippen LogP contribution in [0, 0.1) is 0 Å². The van der Waals surface area contributed by atoms with Crippen LogP contribution >= 0.6 is 11.6 Å². The molecule has 1 atom stereocenters. The number of halogens is 1. The number of rotatable bonds is 4. The lowest BCUT2D eigenvalue weighted by atomic mass is 10.1. The fourth-order valence-corrected chi connectivity index (χ4v) is 1.35. The lowest BCUT2D eigenvalue weighted by Gasteiger charge is -2.13.